The number of methoxy groups -OCH3 is 4. The van der Waals surface area contributed by atoms with Gasteiger partial charge in [0.25, 0.3) is 0 Å². The molecule has 2 rings (SSSR count). The summed E-state index contributed by atoms with van der Waals surface area (Å²) >= 11 is 0. The van der Waals surface area contributed by atoms with Gasteiger partial charge in [0, 0.05) is 19.7 Å². The van der Waals surface area contributed by atoms with Crippen molar-refractivity contribution in [2.75, 3.05) is 40.3 Å². The van der Waals surface area contributed by atoms with Crippen LogP contribution in [0, 0.1) is 0 Å². The van der Waals surface area contributed by atoms with Crippen LogP contribution in [0.4, 0.5) is 5.69 Å². The van der Waals surface area contributed by atoms with Gasteiger partial charge in [-0.2, -0.15) is 0 Å². The Morgan fingerprint density at radius 1 is 0.893 bits per heavy atom. The fourth-order valence-corrected chi connectivity index (χ4v) is 2.54. The number of carbonyl (C=O) groups excluding carboxylic acids is 2. The molecule has 0 radical (unpaired) electrons. The van der Waals surface area contributed by atoms with Crippen LogP contribution in [0.5, 0.6) is 17.2 Å². The molecule has 0 aromatic heterocycles. The lowest BCUT2D eigenvalue weighted by Crippen LogP contribution is -2.38. The second kappa shape index (κ2) is 10.2. The highest BCUT2D eigenvalue weighted by molar-refractivity contribution is 6.39. The SMILES string of the molecule is COc1cccc(C(CNC(=O)C(=O)Nc2cc(OC)ccc2OC)OC)c1. The van der Waals surface area contributed by atoms with E-state index in [0.717, 1.165) is 5.56 Å². The summed E-state index contributed by atoms with van der Waals surface area (Å²) in [6.45, 7) is 0.116. The molecule has 0 aliphatic heterocycles. The largest absolute Gasteiger partial charge is 0.497 e. The second-order valence-corrected chi connectivity index (χ2v) is 5.73. The molecule has 0 aliphatic carbocycles. The average molecular weight is 388 g/mol. The van der Waals surface area contributed by atoms with E-state index in [9.17, 15) is 9.59 Å². The van der Waals surface area contributed by atoms with Gasteiger partial charge in [-0.1, -0.05) is 12.1 Å². The Hall–Kier alpha value is -3.26. The van der Waals surface area contributed by atoms with E-state index >= 15 is 0 Å². The number of benzene rings is 2. The maximum atomic E-state index is 12.2. The van der Waals surface area contributed by atoms with Crippen LogP contribution in [-0.4, -0.2) is 46.8 Å². The van der Waals surface area contributed by atoms with Crippen LogP contribution < -0.4 is 24.8 Å². The molecule has 0 saturated heterocycles. The highest BCUT2D eigenvalue weighted by Crippen LogP contribution is 2.28. The lowest BCUT2D eigenvalue weighted by Gasteiger charge is -2.17. The Bertz CT molecular complexity index is 824. The summed E-state index contributed by atoms with van der Waals surface area (Å²) in [4.78, 5) is 24.4. The Morgan fingerprint density at radius 2 is 1.61 bits per heavy atom. The number of ether oxygens (including phenoxy) is 4. The number of hydrogen-bond acceptors (Lipinski definition) is 6. The zero-order valence-corrected chi connectivity index (χ0v) is 16.3. The van der Waals surface area contributed by atoms with Crippen LogP contribution in [-0.2, 0) is 14.3 Å². The average Bonchev–Trinajstić information content (AvgIpc) is 2.73. The topological polar surface area (TPSA) is 95.1 Å². The number of carbonyl (C=O) groups is 2. The van der Waals surface area contributed by atoms with Crippen LogP contribution in [0.15, 0.2) is 42.5 Å². The Kier molecular flexibility index (Phi) is 7.65. The molecular weight excluding hydrogens is 364 g/mol. The second-order valence-electron chi connectivity index (χ2n) is 5.73. The molecule has 0 bridgehead atoms. The first-order chi connectivity index (χ1) is 13.5. The van der Waals surface area contributed by atoms with Gasteiger partial charge < -0.3 is 29.6 Å². The summed E-state index contributed by atoms with van der Waals surface area (Å²) in [6, 6.07) is 12.2. The molecule has 150 valence electrons. The van der Waals surface area contributed by atoms with Crippen molar-refractivity contribution < 1.29 is 28.5 Å². The van der Waals surface area contributed by atoms with E-state index in [4.69, 9.17) is 18.9 Å². The monoisotopic (exact) mass is 388 g/mol. The third-order valence-corrected chi connectivity index (χ3v) is 4.06. The lowest BCUT2D eigenvalue weighted by molar-refractivity contribution is -0.136. The molecule has 0 spiro atoms. The molecule has 0 saturated carbocycles. The van der Waals surface area contributed by atoms with Gasteiger partial charge in [0.05, 0.1) is 33.1 Å². The van der Waals surface area contributed by atoms with Crippen molar-refractivity contribution in [3.63, 3.8) is 0 Å². The number of nitrogens with one attached hydrogen (secondary N) is 2. The van der Waals surface area contributed by atoms with Gasteiger partial charge in [0.1, 0.15) is 17.2 Å². The summed E-state index contributed by atoms with van der Waals surface area (Å²) in [5, 5.41) is 5.09. The van der Waals surface area contributed by atoms with Crippen molar-refractivity contribution in [2.24, 2.45) is 0 Å². The van der Waals surface area contributed by atoms with Crippen LogP contribution >= 0.6 is 0 Å². The van der Waals surface area contributed by atoms with Crippen molar-refractivity contribution in [2.45, 2.75) is 6.10 Å². The van der Waals surface area contributed by atoms with Gasteiger partial charge >= 0.3 is 11.8 Å². The van der Waals surface area contributed by atoms with Crippen LogP contribution in [0.3, 0.4) is 0 Å². The number of anilines is 1. The molecule has 0 heterocycles. The molecule has 28 heavy (non-hydrogen) atoms. The Labute approximate surface area is 163 Å². The van der Waals surface area contributed by atoms with E-state index in [0.29, 0.717) is 22.9 Å². The highest BCUT2D eigenvalue weighted by atomic mass is 16.5. The van der Waals surface area contributed by atoms with Gasteiger partial charge in [0.2, 0.25) is 0 Å². The molecule has 0 fully saturated rings. The van der Waals surface area contributed by atoms with E-state index in [1.54, 1.807) is 25.3 Å². The Morgan fingerprint density at radius 3 is 2.25 bits per heavy atom. The summed E-state index contributed by atoms with van der Waals surface area (Å²) < 4.78 is 20.9. The van der Waals surface area contributed by atoms with Gasteiger partial charge in [-0.15, -0.1) is 0 Å². The standard InChI is InChI=1S/C20H24N2O6/c1-25-14-7-5-6-13(10-14)18(28-4)12-21-19(23)20(24)22-16-11-15(26-2)8-9-17(16)27-3/h5-11,18H,12H2,1-4H3,(H,21,23)(H,22,24). The zero-order valence-electron chi connectivity index (χ0n) is 16.3. The van der Waals surface area contributed by atoms with Crippen molar-refractivity contribution in [1.82, 2.24) is 5.32 Å². The molecule has 8 heteroatoms. The molecule has 2 N–H and O–H groups in total. The van der Waals surface area contributed by atoms with Crippen molar-refractivity contribution in [3.05, 3.63) is 48.0 Å². The molecule has 1 unspecified atom stereocenters. The normalized spacial score (nSPS) is 11.3. The highest BCUT2D eigenvalue weighted by Gasteiger charge is 2.19. The van der Waals surface area contributed by atoms with Gasteiger partial charge in [-0.3, -0.25) is 9.59 Å². The van der Waals surface area contributed by atoms with Gasteiger partial charge in [-0.05, 0) is 29.8 Å². The molecule has 0 aliphatic rings. The molecule has 2 amide bonds. The van der Waals surface area contributed by atoms with Crippen LogP contribution in [0.1, 0.15) is 11.7 Å². The molecule has 8 nitrogen and oxygen atoms in total. The number of amides is 2. The third-order valence-electron chi connectivity index (χ3n) is 4.06. The maximum absolute atomic E-state index is 12.2. The molecule has 2 aromatic rings. The molecular formula is C20H24N2O6. The van der Waals surface area contributed by atoms with Crippen LogP contribution in [0.2, 0.25) is 0 Å². The van der Waals surface area contributed by atoms with E-state index in [1.165, 1.54) is 21.3 Å². The first kappa shape index (κ1) is 21.0. The summed E-state index contributed by atoms with van der Waals surface area (Å²) in [5.74, 6) is -0.0160. The first-order valence-electron chi connectivity index (χ1n) is 8.50. The fourth-order valence-electron chi connectivity index (χ4n) is 2.54. The number of rotatable bonds is 8. The van der Waals surface area contributed by atoms with E-state index in [2.05, 4.69) is 10.6 Å². The van der Waals surface area contributed by atoms with Crippen LogP contribution in [0.25, 0.3) is 0 Å². The predicted molar refractivity (Wildman–Crippen MR) is 104 cm³/mol. The van der Waals surface area contributed by atoms with E-state index < -0.39 is 17.9 Å². The molecule has 2 aromatic carbocycles. The van der Waals surface area contributed by atoms with E-state index in [1.807, 2.05) is 24.3 Å². The smallest absolute Gasteiger partial charge is 0.313 e. The lowest BCUT2D eigenvalue weighted by atomic mass is 10.1. The third kappa shape index (κ3) is 5.37. The minimum Gasteiger partial charge on any atom is -0.497 e. The molecule has 1 atom stereocenters. The first-order valence-corrected chi connectivity index (χ1v) is 8.50. The quantitative estimate of drug-likeness (QED) is 0.673. The van der Waals surface area contributed by atoms with Gasteiger partial charge in [0.15, 0.2) is 0 Å². The Balaban J connectivity index is 2.01. The number of hydrogen-bond donors (Lipinski definition) is 2. The van der Waals surface area contributed by atoms with Gasteiger partial charge in [-0.25, -0.2) is 0 Å². The summed E-state index contributed by atoms with van der Waals surface area (Å²) in [5.41, 5.74) is 1.15. The van der Waals surface area contributed by atoms with Crippen molar-refractivity contribution in [1.29, 1.82) is 0 Å². The maximum Gasteiger partial charge on any atom is 0.313 e. The van der Waals surface area contributed by atoms with Crippen molar-refractivity contribution in [3.8, 4) is 17.2 Å². The van der Waals surface area contributed by atoms with E-state index in [-0.39, 0.29) is 6.54 Å². The summed E-state index contributed by atoms with van der Waals surface area (Å²) in [6.07, 6.45) is -0.432. The fraction of sp³-hybridized carbons (Fsp3) is 0.300. The predicted octanol–water partition coefficient (Wildman–Crippen LogP) is 2.15. The minimum atomic E-state index is -0.827. The van der Waals surface area contributed by atoms with Crippen molar-refractivity contribution >= 4 is 17.5 Å². The minimum absolute atomic E-state index is 0.116. The zero-order chi connectivity index (χ0) is 20.5. The summed E-state index contributed by atoms with van der Waals surface area (Å²) in [7, 11) is 6.07.